The van der Waals surface area contributed by atoms with Crippen LogP contribution < -0.4 is 11.1 Å². The van der Waals surface area contributed by atoms with Crippen molar-refractivity contribution in [1.82, 2.24) is 0 Å². The Morgan fingerprint density at radius 2 is 2.15 bits per heavy atom. The minimum atomic E-state index is -0.166. The van der Waals surface area contributed by atoms with Crippen LogP contribution in [0.15, 0.2) is 36.4 Å². The number of hydrogen-bond donors (Lipinski definition) is 2. The van der Waals surface area contributed by atoms with Crippen LogP contribution in [-0.4, -0.2) is 5.91 Å². The second-order valence-electron chi connectivity index (χ2n) is 2.58. The summed E-state index contributed by atoms with van der Waals surface area (Å²) in [5.41, 5.74) is 6.84. The molecule has 0 fully saturated rings. The van der Waals surface area contributed by atoms with Crippen molar-refractivity contribution in [2.45, 2.75) is 6.92 Å². The molecule has 0 aromatic heterocycles. The Morgan fingerprint density at radius 3 is 2.77 bits per heavy atom. The summed E-state index contributed by atoms with van der Waals surface area (Å²) in [7, 11) is 0. The summed E-state index contributed by atoms with van der Waals surface area (Å²) in [6.07, 6.45) is 3.13. The van der Waals surface area contributed by atoms with Gasteiger partial charge in [-0.05, 0) is 25.1 Å². The minimum Gasteiger partial charge on any atom is -0.397 e. The van der Waals surface area contributed by atoms with E-state index in [0.717, 1.165) is 0 Å². The molecule has 0 aliphatic heterocycles. The molecule has 0 aliphatic rings. The zero-order chi connectivity index (χ0) is 9.68. The summed E-state index contributed by atoms with van der Waals surface area (Å²) < 4.78 is 0. The number of anilines is 2. The molecule has 0 spiro atoms. The topological polar surface area (TPSA) is 55.1 Å². The van der Waals surface area contributed by atoms with Gasteiger partial charge in [-0.15, -0.1) is 0 Å². The Kier molecular flexibility index (Phi) is 3.09. The number of carbonyl (C=O) groups excluding carboxylic acids is 1. The molecule has 1 aromatic rings. The van der Waals surface area contributed by atoms with Gasteiger partial charge in [0.15, 0.2) is 0 Å². The van der Waals surface area contributed by atoms with E-state index >= 15 is 0 Å². The fourth-order valence-corrected chi connectivity index (χ4v) is 0.937. The maximum Gasteiger partial charge on any atom is 0.248 e. The summed E-state index contributed by atoms with van der Waals surface area (Å²) in [6, 6.07) is 7.14. The van der Waals surface area contributed by atoms with Gasteiger partial charge in [0, 0.05) is 0 Å². The molecule has 1 amide bonds. The van der Waals surface area contributed by atoms with E-state index < -0.39 is 0 Å². The molecule has 3 nitrogen and oxygen atoms in total. The Hall–Kier alpha value is -1.77. The lowest BCUT2D eigenvalue weighted by Gasteiger charge is -2.04. The van der Waals surface area contributed by atoms with E-state index in [1.54, 1.807) is 25.1 Å². The summed E-state index contributed by atoms with van der Waals surface area (Å²) in [5.74, 6) is -0.166. The van der Waals surface area contributed by atoms with Crippen LogP contribution in [0, 0.1) is 0 Å². The predicted octanol–water partition coefficient (Wildman–Crippen LogP) is 1.78. The van der Waals surface area contributed by atoms with Gasteiger partial charge in [-0.25, -0.2) is 0 Å². The molecule has 68 valence electrons. The molecular formula is C10H12N2O. The van der Waals surface area contributed by atoms with E-state index in [4.69, 9.17) is 5.73 Å². The van der Waals surface area contributed by atoms with Crippen LogP contribution >= 0.6 is 0 Å². The Labute approximate surface area is 77.3 Å². The summed E-state index contributed by atoms with van der Waals surface area (Å²) >= 11 is 0. The van der Waals surface area contributed by atoms with Gasteiger partial charge in [0.2, 0.25) is 5.91 Å². The average molecular weight is 176 g/mol. The molecule has 0 radical (unpaired) electrons. The smallest absolute Gasteiger partial charge is 0.248 e. The highest BCUT2D eigenvalue weighted by Gasteiger charge is 1.99. The van der Waals surface area contributed by atoms with Crippen molar-refractivity contribution in [3.05, 3.63) is 36.4 Å². The van der Waals surface area contributed by atoms with Crippen LogP contribution in [0.2, 0.25) is 0 Å². The number of nitrogens with two attached hydrogens (primary N) is 1. The maximum atomic E-state index is 11.1. The van der Waals surface area contributed by atoms with Crippen LogP contribution in [-0.2, 0) is 4.79 Å². The quantitative estimate of drug-likeness (QED) is 0.533. The van der Waals surface area contributed by atoms with Crippen molar-refractivity contribution < 1.29 is 4.79 Å². The molecule has 0 aliphatic carbocycles. The molecule has 0 bridgehead atoms. The fraction of sp³-hybridized carbons (Fsp3) is 0.100. The summed E-state index contributed by atoms with van der Waals surface area (Å²) in [6.45, 7) is 1.79. The molecular weight excluding hydrogens is 164 g/mol. The molecule has 0 atom stereocenters. The molecule has 0 unspecified atom stereocenters. The SMILES string of the molecule is C/C=C\C(=O)Nc1ccccc1N. The first kappa shape index (κ1) is 9.32. The van der Waals surface area contributed by atoms with Crippen LogP contribution in [0.3, 0.4) is 0 Å². The molecule has 1 aromatic carbocycles. The first-order valence-electron chi connectivity index (χ1n) is 4.02. The Balaban J connectivity index is 2.74. The monoisotopic (exact) mass is 176 g/mol. The van der Waals surface area contributed by atoms with E-state index in [0.29, 0.717) is 11.4 Å². The van der Waals surface area contributed by atoms with Crippen LogP contribution in [0.1, 0.15) is 6.92 Å². The lowest BCUT2D eigenvalue weighted by Crippen LogP contribution is -2.09. The molecule has 1 rings (SSSR count). The zero-order valence-corrected chi connectivity index (χ0v) is 7.45. The van der Waals surface area contributed by atoms with Crippen molar-refractivity contribution in [3.63, 3.8) is 0 Å². The lowest BCUT2D eigenvalue weighted by atomic mass is 10.2. The van der Waals surface area contributed by atoms with Gasteiger partial charge in [0.25, 0.3) is 0 Å². The normalized spacial score (nSPS) is 10.2. The van der Waals surface area contributed by atoms with Crippen LogP contribution in [0.4, 0.5) is 11.4 Å². The van der Waals surface area contributed by atoms with Crippen molar-refractivity contribution in [1.29, 1.82) is 0 Å². The number of amides is 1. The molecule has 3 heteroatoms. The number of nitrogens with one attached hydrogen (secondary N) is 1. The Bertz CT molecular complexity index is 331. The highest BCUT2D eigenvalue weighted by Crippen LogP contribution is 2.16. The largest absolute Gasteiger partial charge is 0.397 e. The van der Waals surface area contributed by atoms with Gasteiger partial charge in [-0.2, -0.15) is 0 Å². The molecule has 13 heavy (non-hydrogen) atoms. The number of nitrogen functional groups attached to an aromatic ring is 1. The van der Waals surface area contributed by atoms with Gasteiger partial charge >= 0.3 is 0 Å². The summed E-state index contributed by atoms with van der Waals surface area (Å²) in [5, 5.41) is 2.66. The standard InChI is InChI=1S/C10H12N2O/c1-2-5-10(13)12-9-7-4-3-6-8(9)11/h2-7H,11H2,1H3,(H,12,13)/b5-2-. The van der Waals surface area contributed by atoms with Crippen molar-refractivity contribution in [2.24, 2.45) is 0 Å². The first-order chi connectivity index (χ1) is 6.24. The number of carbonyl (C=O) groups is 1. The molecule has 3 N–H and O–H groups in total. The van der Waals surface area contributed by atoms with Crippen molar-refractivity contribution in [3.8, 4) is 0 Å². The number of para-hydroxylation sites is 2. The Morgan fingerprint density at radius 1 is 1.46 bits per heavy atom. The van der Waals surface area contributed by atoms with Crippen molar-refractivity contribution >= 4 is 17.3 Å². The van der Waals surface area contributed by atoms with Crippen LogP contribution in [0.5, 0.6) is 0 Å². The van der Waals surface area contributed by atoms with E-state index in [-0.39, 0.29) is 5.91 Å². The third-order valence-corrected chi connectivity index (χ3v) is 1.54. The third-order valence-electron chi connectivity index (χ3n) is 1.54. The van der Waals surface area contributed by atoms with E-state index in [1.807, 2.05) is 12.1 Å². The first-order valence-corrected chi connectivity index (χ1v) is 4.02. The van der Waals surface area contributed by atoms with Gasteiger partial charge in [-0.1, -0.05) is 18.2 Å². The molecule has 0 heterocycles. The fourth-order valence-electron chi connectivity index (χ4n) is 0.937. The lowest BCUT2D eigenvalue weighted by molar-refractivity contribution is -0.111. The third kappa shape index (κ3) is 2.63. The maximum absolute atomic E-state index is 11.1. The molecule has 0 saturated carbocycles. The van der Waals surface area contributed by atoms with E-state index in [1.165, 1.54) is 6.08 Å². The van der Waals surface area contributed by atoms with Gasteiger partial charge in [-0.3, -0.25) is 4.79 Å². The number of allylic oxidation sites excluding steroid dienone is 1. The number of hydrogen-bond acceptors (Lipinski definition) is 2. The average Bonchev–Trinajstić information content (AvgIpc) is 2.09. The second kappa shape index (κ2) is 4.30. The van der Waals surface area contributed by atoms with Crippen molar-refractivity contribution in [2.75, 3.05) is 11.1 Å². The van der Waals surface area contributed by atoms with E-state index in [9.17, 15) is 4.79 Å². The number of rotatable bonds is 2. The van der Waals surface area contributed by atoms with Crippen LogP contribution in [0.25, 0.3) is 0 Å². The highest BCUT2D eigenvalue weighted by atomic mass is 16.1. The van der Waals surface area contributed by atoms with Gasteiger partial charge in [0.1, 0.15) is 0 Å². The van der Waals surface area contributed by atoms with Gasteiger partial charge < -0.3 is 11.1 Å². The highest BCUT2D eigenvalue weighted by molar-refractivity contribution is 6.01. The zero-order valence-electron chi connectivity index (χ0n) is 7.45. The molecule has 0 saturated heterocycles. The van der Waals surface area contributed by atoms with Gasteiger partial charge in [0.05, 0.1) is 11.4 Å². The summed E-state index contributed by atoms with van der Waals surface area (Å²) in [4.78, 5) is 11.1. The van der Waals surface area contributed by atoms with E-state index in [2.05, 4.69) is 5.32 Å². The predicted molar refractivity (Wildman–Crippen MR) is 54.3 cm³/mol. The second-order valence-corrected chi connectivity index (χ2v) is 2.58. The minimum absolute atomic E-state index is 0.166. The number of benzene rings is 1.